The maximum atomic E-state index is 5.26. The first kappa shape index (κ1) is 13.9. The summed E-state index contributed by atoms with van der Waals surface area (Å²) < 4.78 is 5.26. The van der Waals surface area contributed by atoms with Gasteiger partial charge in [-0.25, -0.2) is 0 Å². The SMILES string of the molecule is COCC1CCN(c2ccc(CNC3CC3)cc2)CC1. The van der Waals surface area contributed by atoms with Gasteiger partial charge in [-0.3, -0.25) is 0 Å². The minimum absolute atomic E-state index is 0.748. The Morgan fingerprint density at radius 2 is 1.80 bits per heavy atom. The molecule has 3 nitrogen and oxygen atoms in total. The number of hydrogen-bond donors (Lipinski definition) is 1. The van der Waals surface area contributed by atoms with Gasteiger partial charge in [-0.1, -0.05) is 12.1 Å². The van der Waals surface area contributed by atoms with Crippen molar-refractivity contribution < 1.29 is 4.74 Å². The first-order valence-corrected chi connectivity index (χ1v) is 7.91. The highest BCUT2D eigenvalue weighted by Crippen LogP contribution is 2.24. The van der Waals surface area contributed by atoms with Crippen molar-refractivity contribution in [1.29, 1.82) is 0 Å². The normalized spacial score (nSPS) is 20.4. The molecule has 1 aliphatic carbocycles. The Kier molecular flexibility index (Phi) is 4.58. The first-order chi connectivity index (χ1) is 9.85. The van der Waals surface area contributed by atoms with Crippen molar-refractivity contribution in [3.8, 4) is 0 Å². The second kappa shape index (κ2) is 6.59. The van der Waals surface area contributed by atoms with E-state index in [-0.39, 0.29) is 0 Å². The second-order valence-electron chi connectivity index (χ2n) is 6.21. The van der Waals surface area contributed by atoms with Gasteiger partial charge < -0.3 is 15.0 Å². The smallest absolute Gasteiger partial charge is 0.0491 e. The summed E-state index contributed by atoms with van der Waals surface area (Å²) in [5.74, 6) is 0.748. The summed E-state index contributed by atoms with van der Waals surface area (Å²) in [6.45, 7) is 4.25. The molecule has 1 aromatic rings. The Morgan fingerprint density at radius 1 is 1.10 bits per heavy atom. The lowest BCUT2D eigenvalue weighted by molar-refractivity contribution is 0.139. The van der Waals surface area contributed by atoms with Crippen LogP contribution in [0.3, 0.4) is 0 Å². The molecule has 1 N–H and O–H groups in total. The van der Waals surface area contributed by atoms with Crippen LogP contribution < -0.4 is 10.2 Å². The summed E-state index contributed by atoms with van der Waals surface area (Å²) in [6, 6.07) is 9.88. The van der Waals surface area contributed by atoms with Crippen molar-refractivity contribution in [3.05, 3.63) is 29.8 Å². The summed E-state index contributed by atoms with van der Waals surface area (Å²) in [5, 5.41) is 3.56. The zero-order valence-electron chi connectivity index (χ0n) is 12.5. The monoisotopic (exact) mass is 274 g/mol. The molecular weight excluding hydrogens is 248 g/mol. The van der Waals surface area contributed by atoms with Gasteiger partial charge in [-0.05, 0) is 49.3 Å². The Hall–Kier alpha value is -1.06. The van der Waals surface area contributed by atoms with Crippen LogP contribution in [0.15, 0.2) is 24.3 Å². The Labute approximate surface area is 122 Å². The molecule has 0 radical (unpaired) electrons. The lowest BCUT2D eigenvalue weighted by Gasteiger charge is -2.33. The number of nitrogens with zero attached hydrogens (tertiary/aromatic N) is 1. The Morgan fingerprint density at radius 3 is 2.40 bits per heavy atom. The molecular formula is C17H26N2O. The van der Waals surface area contributed by atoms with E-state index < -0.39 is 0 Å². The largest absolute Gasteiger partial charge is 0.384 e. The number of rotatable bonds is 6. The van der Waals surface area contributed by atoms with Gasteiger partial charge in [0.25, 0.3) is 0 Å². The van der Waals surface area contributed by atoms with Crippen molar-refractivity contribution in [2.24, 2.45) is 5.92 Å². The summed E-state index contributed by atoms with van der Waals surface area (Å²) in [5.41, 5.74) is 2.77. The van der Waals surface area contributed by atoms with E-state index in [1.807, 2.05) is 0 Å². The maximum Gasteiger partial charge on any atom is 0.0491 e. The molecule has 1 saturated carbocycles. The van der Waals surface area contributed by atoms with Gasteiger partial charge in [-0.15, -0.1) is 0 Å². The van der Waals surface area contributed by atoms with Crippen LogP contribution in [0.25, 0.3) is 0 Å². The third-order valence-electron chi connectivity index (χ3n) is 4.49. The van der Waals surface area contributed by atoms with E-state index in [2.05, 4.69) is 34.5 Å². The van der Waals surface area contributed by atoms with Crippen LogP contribution in [0, 0.1) is 5.92 Å². The molecule has 0 amide bonds. The molecule has 1 saturated heterocycles. The van der Waals surface area contributed by atoms with Crippen molar-refractivity contribution in [2.45, 2.75) is 38.3 Å². The molecule has 0 aromatic heterocycles. The zero-order valence-corrected chi connectivity index (χ0v) is 12.5. The van der Waals surface area contributed by atoms with Gasteiger partial charge in [0.1, 0.15) is 0 Å². The average Bonchev–Trinajstić information content (AvgIpc) is 3.31. The lowest BCUT2D eigenvalue weighted by atomic mass is 9.97. The number of nitrogens with one attached hydrogen (secondary N) is 1. The van der Waals surface area contributed by atoms with Gasteiger partial charge in [0.15, 0.2) is 0 Å². The summed E-state index contributed by atoms with van der Waals surface area (Å²) >= 11 is 0. The summed E-state index contributed by atoms with van der Waals surface area (Å²) in [4.78, 5) is 2.50. The third-order valence-corrected chi connectivity index (χ3v) is 4.49. The molecule has 2 fully saturated rings. The van der Waals surface area contributed by atoms with Crippen LogP contribution in [0.1, 0.15) is 31.2 Å². The van der Waals surface area contributed by atoms with Crippen LogP contribution in [0.5, 0.6) is 0 Å². The van der Waals surface area contributed by atoms with Crippen LogP contribution in [-0.2, 0) is 11.3 Å². The molecule has 1 aliphatic heterocycles. The van der Waals surface area contributed by atoms with Gasteiger partial charge in [0.2, 0.25) is 0 Å². The molecule has 110 valence electrons. The zero-order chi connectivity index (χ0) is 13.8. The third kappa shape index (κ3) is 3.74. The van der Waals surface area contributed by atoms with Crippen molar-refractivity contribution in [2.75, 3.05) is 31.7 Å². The first-order valence-electron chi connectivity index (χ1n) is 7.91. The number of methoxy groups -OCH3 is 1. The Bertz CT molecular complexity index is 406. The van der Waals surface area contributed by atoms with E-state index in [4.69, 9.17) is 4.74 Å². The second-order valence-corrected chi connectivity index (χ2v) is 6.21. The van der Waals surface area contributed by atoms with Crippen LogP contribution in [-0.4, -0.2) is 32.8 Å². The molecule has 2 aliphatic rings. The van der Waals surface area contributed by atoms with Gasteiger partial charge >= 0.3 is 0 Å². The van der Waals surface area contributed by atoms with Gasteiger partial charge in [-0.2, -0.15) is 0 Å². The van der Waals surface area contributed by atoms with E-state index in [1.165, 1.54) is 36.9 Å². The van der Waals surface area contributed by atoms with Gasteiger partial charge in [0.05, 0.1) is 0 Å². The highest BCUT2D eigenvalue weighted by Gasteiger charge is 2.20. The highest BCUT2D eigenvalue weighted by atomic mass is 16.5. The molecule has 3 rings (SSSR count). The average molecular weight is 274 g/mol. The van der Waals surface area contributed by atoms with E-state index in [0.717, 1.165) is 38.2 Å². The molecule has 0 spiro atoms. The molecule has 1 aromatic carbocycles. The molecule has 3 heteroatoms. The predicted octanol–water partition coefficient (Wildman–Crippen LogP) is 2.80. The van der Waals surface area contributed by atoms with E-state index in [9.17, 15) is 0 Å². The highest BCUT2D eigenvalue weighted by molar-refractivity contribution is 5.48. The molecule has 0 bridgehead atoms. The molecule has 20 heavy (non-hydrogen) atoms. The minimum Gasteiger partial charge on any atom is -0.384 e. The summed E-state index contributed by atoms with van der Waals surface area (Å²) in [6.07, 6.45) is 5.21. The molecule has 1 heterocycles. The van der Waals surface area contributed by atoms with Crippen LogP contribution >= 0.6 is 0 Å². The Balaban J connectivity index is 1.49. The number of hydrogen-bond acceptors (Lipinski definition) is 3. The van der Waals surface area contributed by atoms with Crippen LogP contribution in [0.2, 0.25) is 0 Å². The predicted molar refractivity (Wildman–Crippen MR) is 83.1 cm³/mol. The van der Waals surface area contributed by atoms with E-state index in [0.29, 0.717) is 0 Å². The van der Waals surface area contributed by atoms with Crippen molar-refractivity contribution >= 4 is 5.69 Å². The fraction of sp³-hybridized carbons (Fsp3) is 0.647. The number of piperidine rings is 1. The number of ether oxygens (including phenoxy) is 1. The lowest BCUT2D eigenvalue weighted by Crippen LogP contribution is -2.34. The van der Waals surface area contributed by atoms with Crippen LogP contribution in [0.4, 0.5) is 5.69 Å². The molecule has 0 unspecified atom stereocenters. The fourth-order valence-electron chi connectivity index (χ4n) is 2.97. The standard InChI is InChI=1S/C17H26N2O/c1-20-13-15-8-10-19(11-9-15)17-6-2-14(3-7-17)12-18-16-4-5-16/h2-3,6-7,15-16,18H,4-5,8-13H2,1H3. The number of anilines is 1. The van der Waals surface area contributed by atoms with Gasteiger partial charge in [0, 0.05) is 45.1 Å². The van der Waals surface area contributed by atoms with Crippen molar-refractivity contribution in [3.63, 3.8) is 0 Å². The van der Waals surface area contributed by atoms with Crippen molar-refractivity contribution in [1.82, 2.24) is 5.32 Å². The molecule has 0 atom stereocenters. The fourth-order valence-corrected chi connectivity index (χ4v) is 2.97. The minimum atomic E-state index is 0.748. The maximum absolute atomic E-state index is 5.26. The van der Waals surface area contributed by atoms with E-state index >= 15 is 0 Å². The summed E-state index contributed by atoms with van der Waals surface area (Å²) in [7, 11) is 1.81. The quantitative estimate of drug-likeness (QED) is 0.863. The topological polar surface area (TPSA) is 24.5 Å². The van der Waals surface area contributed by atoms with E-state index in [1.54, 1.807) is 7.11 Å². The number of benzene rings is 1.